The van der Waals surface area contributed by atoms with E-state index in [4.69, 9.17) is 5.11 Å². The van der Waals surface area contributed by atoms with E-state index in [2.05, 4.69) is 15.7 Å². The van der Waals surface area contributed by atoms with Gasteiger partial charge in [-0.25, -0.2) is 4.79 Å². The Balaban J connectivity index is 1.86. The van der Waals surface area contributed by atoms with Gasteiger partial charge in [-0.2, -0.15) is 5.10 Å². The third-order valence-corrected chi connectivity index (χ3v) is 2.89. The fourth-order valence-electron chi connectivity index (χ4n) is 1.81. The minimum Gasteiger partial charge on any atom is -0.480 e. The number of carbonyl (C=O) groups excluding carboxylic acids is 1. The van der Waals surface area contributed by atoms with Crippen molar-refractivity contribution in [2.45, 2.75) is 20.0 Å². The number of nitrogens with one attached hydrogen (secondary N) is 2. The van der Waals surface area contributed by atoms with Crippen molar-refractivity contribution in [2.24, 2.45) is 0 Å². The summed E-state index contributed by atoms with van der Waals surface area (Å²) < 4.78 is 1.24. The molecule has 110 valence electrons. The van der Waals surface area contributed by atoms with Crippen molar-refractivity contribution < 1.29 is 14.7 Å². The average molecular weight is 288 g/mol. The first-order chi connectivity index (χ1) is 10.0. The summed E-state index contributed by atoms with van der Waals surface area (Å²) in [7, 11) is 0. The van der Waals surface area contributed by atoms with Crippen LogP contribution in [0.1, 0.15) is 11.1 Å². The molecule has 0 saturated carbocycles. The smallest absolute Gasteiger partial charge is 0.325 e. The molecule has 7 nitrogen and oxygen atoms in total. The SMILES string of the molecule is Cc1ccccc1CNC(=O)Nc1cnn(CC(=O)O)c1. The molecule has 0 atom stereocenters. The van der Waals surface area contributed by atoms with Crippen molar-refractivity contribution >= 4 is 17.7 Å². The highest BCUT2D eigenvalue weighted by Gasteiger charge is 2.06. The number of carboxylic acid groups (broad SMARTS) is 1. The molecule has 1 heterocycles. The highest BCUT2D eigenvalue weighted by molar-refractivity contribution is 5.88. The number of carboxylic acids is 1. The number of aryl methyl sites for hydroxylation is 1. The Morgan fingerprint density at radius 3 is 2.81 bits per heavy atom. The number of hydrogen-bond donors (Lipinski definition) is 3. The van der Waals surface area contributed by atoms with Gasteiger partial charge in [0.05, 0.1) is 11.9 Å². The number of rotatable bonds is 5. The number of urea groups is 1. The van der Waals surface area contributed by atoms with Crippen molar-refractivity contribution in [1.29, 1.82) is 0 Å². The summed E-state index contributed by atoms with van der Waals surface area (Å²) in [6.07, 6.45) is 2.86. The van der Waals surface area contributed by atoms with Crippen LogP contribution in [-0.2, 0) is 17.9 Å². The summed E-state index contributed by atoms with van der Waals surface area (Å²) in [5.41, 5.74) is 2.58. The quantitative estimate of drug-likeness (QED) is 0.778. The van der Waals surface area contributed by atoms with Crippen molar-refractivity contribution in [1.82, 2.24) is 15.1 Å². The molecule has 2 amide bonds. The second-order valence-corrected chi connectivity index (χ2v) is 4.55. The largest absolute Gasteiger partial charge is 0.480 e. The summed E-state index contributed by atoms with van der Waals surface area (Å²) in [5.74, 6) is -0.992. The van der Waals surface area contributed by atoms with E-state index in [-0.39, 0.29) is 12.6 Å². The van der Waals surface area contributed by atoms with Crippen LogP contribution in [0.25, 0.3) is 0 Å². The number of nitrogens with zero attached hydrogens (tertiary/aromatic N) is 2. The van der Waals surface area contributed by atoms with Crippen molar-refractivity contribution in [3.63, 3.8) is 0 Å². The second kappa shape index (κ2) is 6.56. The molecule has 1 aromatic heterocycles. The molecule has 21 heavy (non-hydrogen) atoms. The second-order valence-electron chi connectivity index (χ2n) is 4.55. The van der Waals surface area contributed by atoms with Crippen LogP contribution in [0.15, 0.2) is 36.7 Å². The molecule has 3 N–H and O–H groups in total. The Labute approximate surface area is 121 Å². The van der Waals surface area contributed by atoms with Crippen molar-refractivity contribution in [3.05, 3.63) is 47.8 Å². The molecule has 7 heteroatoms. The molecule has 0 fully saturated rings. The van der Waals surface area contributed by atoms with Crippen LogP contribution in [0.2, 0.25) is 0 Å². The van der Waals surface area contributed by atoms with E-state index in [1.54, 1.807) is 0 Å². The molecular weight excluding hydrogens is 272 g/mol. The molecule has 0 aliphatic heterocycles. The zero-order valence-corrected chi connectivity index (χ0v) is 11.5. The summed E-state index contributed by atoms with van der Waals surface area (Å²) in [6.45, 7) is 2.15. The molecule has 1 aromatic carbocycles. The van der Waals surface area contributed by atoms with E-state index in [0.29, 0.717) is 12.2 Å². The first-order valence-corrected chi connectivity index (χ1v) is 6.38. The zero-order chi connectivity index (χ0) is 15.2. The van der Waals surface area contributed by atoms with Gasteiger partial charge in [0.1, 0.15) is 6.54 Å². The highest BCUT2D eigenvalue weighted by Crippen LogP contribution is 2.07. The lowest BCUT2D eigenvalue weighted by Gasteiger charge is -2.08. The van der Waals surface area contributed by atoms with E-state index in [1.165, 1.54) is 17.1 Å². The number of benzene rings is 1. The fourth-order valence-corrected chi connectivity index (χ4v) is 1.81. The third-order valence-electron chi connectivity index (χ3n) is 2.89. The number of aromatic nitrogens is 2. The van der Waals surface area contributed by atoms with Crippen LogP contribution in [0.3, 0.4) is 0 Å². The molecule has 0 unspecified atom stereocenters. The Hall–Kier alpha value is -2.83. The number of amides is 2. The van der Waals surface area contributed by atoms with Crippen LogP contribution in [0.4, 0.5) is 10.5 Å². The minimum atomic E-state index is -0.992. The van der Waals surface area contributed by atoms with Gasteiger partial charge in [0, 0.05) is 12.7 Å². The van der Waals surface area contributed by atoms with Crippen LogP contribution in [0, 0.1) is 6.92 Å². The van der Waals surface area contributed by atoms with Gasteiger partial charge in [-0.15, -0.1) is 0 Å². The molecule has 0 saturated heterocycles. The molecule has 0 radical (unpaired) electrons. The predicted molar refractivity (Wildman–Crippen MR) is 76.9 cm³/mol. The van der Waals surface area contributed by atoms with Gasteiger partial charge >= 0.3 is 12.0 Å². The summed E-state index contributed by atoms with van der Waals surface area (Å²) in [5, 5.41) is 17.8. The van der Waals surface area contributed by atoms with Gasteiger partial charge < -0.3 is 15.7 Å². The van der Waals surface area contributed by atoms with Gasteiger partial charge in [-0.3, -0.25) is 9.48 Å². The predicted octanol–water partition coefficient (Wildman–Crippen LogP) is 1.60. The standard InChI is InChI=1S/C14H16N4O3/c1-10-4-2-3-5-11(10)6-15-14(21)17-12-7-16-18(8-12)9-13(19)20/h2-5,7-8H,6,9H2,1H3,(H,19,20)(H2,15,17,21). The fraction of sp³-hybridized carbons (Fsp3) is 0.214. The molecule has 2 aromatic rings. The molecule has 0 bridgehead atoms. The van der Waals surface area contributed by atoms with Crippen LogP contribution < -0.4 is 10.6 Å². The lowest BCUT2D eigenvalue weighted by molar-refractivity contribution is -0.137. The van der Waals surface area contributed by atoms with E-state index >= 15 is 0 Å². The first-order valence-electron chi connectivity index (χ1n) is 6.38. The number of anilines is 1. The molecular formula is C14H16N4O3. The highest BCUT2D eigenvalue weighted by atomic mass is 16.4. The minimum absolute atomic E-state index is 0.244. The van der Waals surface area contributed by atoms with Gasteiger partial charge in [0.25, 0.3) is 0 Å². The van der Waals surface area contributed by atoms with Crippen molar-refractivity contribution in [3.8, 4) is 0 Å². The van der Waals surface area contributed by atoms with Gasteiger partial charge in [0.15, 0.2) is 0 Å². The number of carbonyl (C=O) groups is 2. The van der Waals surface area contributed by atoms with Crippen molar-refractivity contribution in [2.75, 3.05) is 5.32 Å². The lowest BCUT2D eigenvalue weighted by atomic mass is 10.1. The summed E-state index contributed by atoms with van der Waals surface area (Å²) in [6, 6.07) is 7.41. The van der Waals surface area contributed by atoms with Gasteiger partial charge in [0.2, 0.25) is 0 Å². The van der Waals surface area contributed by atoms with E-state index in [1.807, 2.05) is 31.2 Å². The van der Waals surface area contributed by atoms with Gasteiger partial charge in [-0.05, 0) is 18.1 Å². The Bertz CT molecular complexity index is 651. The zero-order valence-electron chi connectivity index (χ0n) is 11.5. The topological polar surface area (TPSA) is 96.3 Å². The summed E-state index contributed by atoms with van der Waals surface area (Å²) in [4.78, 5) is 22.3. The molecule has 0 aliphatic carbocycles. The molecule has 0 aliphatic rings. The first kappa shape index (κ1) is 14.6. The Morgan fingerprint density at radius 2 is 2.10 bits per heavy atom. The Morgan fingerprint density at radius 1 is 1.33 bits per heavy atom. The normalized spacial score (nSPS) is 10.1. The Kier molecular flexibility index (Phi) is 4.55. The number of hydrogen-bond acceptors (Lipinski definition) is 3. The molecule has 0 spiro atoms. The monoisotopic (exact) mass is 288 g/mol. The van der Waals surface area contributed by atoms with E-state index in [9.17, 15) is 9.59 Å². The maximum atomic E-state index is 11.8. The van der Waals surface area contributed by atoms with Crippen LogP contribution in [-0.4, -0.2) is 26.9 Å². The lowest BCUT2D eigenvalue weighted by Crippen LogP contribution is -2.28. The van der Waals surface area contributed by atoms with Gasteiger partial charge in [-0.1, -0.05) is 24.3 Å². The van der Waals surface area contributed by atoms with E-state index in [0.717, 1.165) is 11.1 Å². The van der Waals surface area contributed by atoms with Crippen LogP contribution in [0.5, 0.6) is 0 Å². The maximum absolute atomic E-state index is 11.8. The summed E-state index contributed by atoms with van der Waals surface area (Å²) >= 11 is 0. The number of aliphatic carboxylic acids is 1. The molecule has 2 rings (SSSR count). The maximum Gasteiger partial charge on any atom is 0.325 e. The van der Waals surface area contributed by atoms with Crippen LogP contribution >= 0.6 is 0 Å². The third kappa shape index (κ3) is 4.34. The average Bonchev–Trinajstić information content (AvgIpc) is 2.84. The van der Waals surface area contributed by atoms with E-state index < -0.39 is 5.97 Å².